The van der Waals surface area contributed by atoms with Crippen molar-refractivity contribution < 1.29 is 34.8 Å². The molecule has 2 aliphatic rings. The number of nitrogens with zero attached hydrogens (tertiary/aromatic N) is 1. The molecule has 0 bridgehead atoms. The van der Waals surface area contributed by atoms with Crippen LogP contribution in [0.1, 0.15) is 0 Å². The first-order valence-electron chi connectivity index (χ1n) is 5.36. The predicted octanol–water partition coefficient (Wildman–Crippen LogP) is -3.66. The second kappa shape index (κ2) is 4.78. The van der Waals surface area contributed by atoms with Crippen molar-refractivity contribution >= 4 is 11.9 Å². The number of aliphatic hydroxyl groups excluding tert-OH is 4. The van der Waals surface area contributed by atoms with Crippen LogP contribution in [0.3, 0.4) is 0 Å². The summed E-state index contributed by atoms with van der Waals surface area (Å²) in [6.45, 7) is -0.910. The largest absolute Gasteiger partial charge is 0.394 e. The van der Waals surface area contributed by atoms with Crippen molar-refractivity contribution in [1.82, 2.24) is 10.2 Å². The van der Waals surface area contributed by atoms with Crippen molar-refractivity contribution in [2.24, 2.45) is 0 Å². The highest BCUT2D eigenvalue weighted by atomic mass is 16.6. The Morgan fingerprint density at radius 3 is 2.39 bits per heavy atom. The Kier molecular flexibility index (Phi) is 3.50. The third-order valence-electron chi connectivity index (χ3n) is 3.00. The molecule has 3 amide bonds. The number of ether oxygens (including phenoxy) is 1. The number of amides is 3. The van der Waals surface area contributed by atoms with E-state index < -0.39 is 49.2 Å². The summed E-state index contributed by atoms with van der Waals surface area (Å²) < 4.78 is 5.14. The molecule has 0 aromatic carbocycles. The summed E-state index contributed by atoms with van der Waals surface area (Å²) in [5.41, 5.74) is 0. The molecule has 5 atom stereocenters. The summed E-state index contributed by atoms with van der Waals surface area (Å²) in [5, 5.41) is 39.8. The third-order valence-corrected chi connectivity index (χ3v) is 3.00. The summed E-state index contributed by atoms with van der Waals surface area (Å²) in [7, 11) is 0. The van der Waals surface area contributed by atoms with Gasteiger partial charge in [0.15, 0.2) is 6.23 Å². The maximum absolute atomic E-state index is 11.4. The molecular weight excluding hydrogens is 248 g/mol. The van der Waals surface area contributed by atoms with E-state index in [1.165, 1.54) is 0 Å². The van der Waals surface area contributed by atoms with Crippen LogP contribution in [0.2, 0.25) is 0 Å². The number of hydrogen-bond acceptors (Lipinski definition) is 7. The van der Waals surface area contributed by atoms with E-state index in [0.717, 1.165) is 4.90 Å². The van der Waals surface area contributed by atoms with Gasteiger partial charge in [0.05, 0.1) is 6.61 Å². The van der Waals surface area contributed by atoms with Crippen LogP contribution in [0.25, 0.3) is 0 Å². The van der Waals surface area contributed by atoms with Crippen molar-refractivity contribution in [3.05, 3.63) is 0 Å². The number of nitrogens with one attached hydrogen (secondary N) is 1. The van der Waals surface area contributed by atoms with E-state index in [2.05, 4.69) is 0 Å². The van der Waals surface area contributed by atoms with E-state index in [4.69, 9.17) is 9.84 Å². The highest BCUT2D eigenvalue weighted by Gasteiger charge is 2.48. The van der Waals surface area contributed by atoms with Crippen molar-refractivity contribution in [3.63, 3.8) is 0 Å². The van der Waals surface area contributed by atoms with E-state index in [0.29, 0.717) is 0 Å². The highest BCUT2D eigenvalue weighted by Crippen LogP contribution is 2.24. The fraction of sp³-hybridized carbons (Fsp3) is 0.778. The molecule has 9 heteroatoms. The van der Waals surface area contributed by atoms with Crippen molar-refractivity contribution in [3.8, 4) is 0 Å². The molecule has 0 spiro atoms. The van der Waals surface area contributed by atoms with Gasteiger partial charge in [-0.25, -0.2) is 4.79 Å². The topological polar surface area (TPSA) is 140 Å². The highest BCUT2D eigenvalue weighted by molar-refractivity contribution is 6.02. The second-order valence-electron chi connectivity index (χ2n) is 4.20. The Hall–Kier alpha value is -1.26. The van der Waals surface area contributed by atoms with E-state index in [9.17, 15) is 24.9 Å². The van der Waals surface area contributed by atoms with Crippen LogP contribution in [0.4, 0.5) is 4.79 Å². The van der Waals surface area contributed by atoms with Gasteiger partial charge in [0, 0.05) is 0 Å². The minimum absolute atomic E-state index is 0.318. The average molecular weight is 262 g/mol. The zero-order chi connectivity index (χ0) is 13.4. The molecule has 9 nitrogen and oxygen atoms in total. The first-order chi connectivity index (χ1) is 8.45. The molecule has 2 heterocycles. The molecule has 0 unspecified atom stereocenters. The van der Waals surface area contributed by atoms with Gasteiger partial charge in [0.1, 0.15) is 31.0 Å². The van der Waals surface area contributed by atoms with Crippen LogP contribution >= 0.6 is 0 Å². The van der Waals surface area contributed by atoms with Crippen LogP contribution in [-0.4, -0.2) is 81.1 Å². The normalized spacial score (nSPS) is 41.1. The van der Waals surface area contributed by atoms with Crippen molar-refractivity contribution in [1.29, 1.82) is 0 Å². The molecule has 102 valence electrons. The molecule has 18 heavy (non-hydrogen) atoms. The zero-order valence-electron chi connectivity index (χ0n) is 9.26. The molecule has 2 aliphatic heterocycles. The summed E-state index contributed by atoms with van der Waals surface area (Å²) in [6.07, 6.45) is -7.06. The summed E-state index contributed by atoms with van der Waals surface area (Å²) >= 11 is 0. The standard InChI is InChI=1S/C9H14N2O7/c12-2-3-5(14)6(15)7(16)8(18-3)11-1-4(13)10-9(11)17/h3,5-8,12,14-16H,1-2H2,(H,10,13,17)/t3-,5-,6+,7-,8-/m1/s1. The average Bonchev–Trinajstić information content (AvgIpc) is 2.66. The fourth-order valence-electron chi connectivity index (χ4n) is 2.00. The van der Waals surface area contributed by atoms with Gasteiger partial charge in [0.25, 0.3) is 0 Å². The van der Waals surface area contributed by atoms with Gasteiger partial charge in [-0.2, -0.15) is 0 Å². The minimum atomic E-state index is -1.58. The van der Waals surface area contributed by atoms with Gasteiger partial charge in [-0.15, -0.1) is 0 Å². The SMILES string of the molecule is O=C1CN([C@@H]2O[C@H](CO)[C@@H](O)[C@H](O)[C@H]2O)C(=O)N1. The Labute approximate surface area is 102 Å². The van der Waals surface area contributed by atoms with E-state index in [1.807, 2.05) is 5.32 Å². The van der Waals surface area contributed by atoms with Crippen molar-refractivity contribution in [2.45, 2.75) is 30.6 Å². The third kappa shape index (κ3) is 2.06. The Morgan fingerprint density at radius 1 is 1.22 bits per heavy atom. The first-order valence-corrected chi connectivity index (χ1v) is 5.36. The zero-order valence-corrected chi connectivity index (χ0v) is 9.26. The van der Waals surface area contributed by atoms with Gasteiger partial charge in [-0.1, -0.05) is 0 Å². The Morgan fingerprint density at radius 2 is 1.89 bits per heavy atom. The molecule has 0 radical (unpaired) electrons. The first kappa shape index (κ1) is 13.2. The van der Waals surface area contributed by atoms with Crippen molar-refractivity contribution in [2.75, 3.05) is 13.2 Å². The number of aliphatic hydroxyl groups is 4. The lowest BCUT2D eigenvalue weighted by molar-refractivity contribution is -0.255. The van der Waals surface area contributed by atoms with Crippen LogP contribution in [0, 0.1) is 0 Å². The number of rotatable bonds is 2. The maximum atomic E-state index is 11.4. The smallest absolute Gasteiger partial charge is 0.326 e. The lowest BCUT2D eigenvalue weighted by Crippen LogP contribution is -2.63. The minimum Gasteiger partial charge on any atom is -0.394 e. The Balaban J connectivity index is 2.17. The molecule has 5 N–H and O–H groups in total. The monoisotopic (exact) mass is 262 g/mol. The van der Waals surface area contributed by atoms with E-state index in [-0.39, 0.29) is 6.54 Å². The molecular formula is C9H14N2O7. The summed E-state index contributed by atoms with van der Waals surface area (Å²) in [4.78, 5) is 23.3. The van der Waals surface area contributed by atoms with Crippen LogP contribution in [-0.2, 0) is 9.53 Å². The molecule has 0 aliphatic carbocycles. The number of carbonyl (C=O) groups excluding carboxylic acids is 2. The van der Waals surface area contributed by atoms with Gasteiger partial charge in [-0.3, -0.25) is 15.0 Å². The van der Waals surface area contributed by atoms with Crippen LogP contribution in [0.5, 0.6) is 0 Å². The molecule has 2 saturated heterocycles. The number of carbonyl (C=O) groups is 2. The van der Waals surface area contributed by atoms with E-state index in [1.54, 1.807) is 0 Å². The molecule has 0 aromatic heterocycles. The summed E-state index contributed by atoms with van der Waals surface area (Å²) in [6, 6.07) is -0.760. The number of urea groups is 1. The molecule has 0 saturated carbocycles. The van der Waals surface area contributed by atoms with Gasteiger partial charge < -0.3 is 25.2 Å². The van der Waals surface area contributed by atoms with E-state index >= 15 is 0 Å². The van der Waals surface area contributed by atoms with Gasteiger partial charge in [0.2, 0.25) is 5.91 Å². The molecule has 0 aromatic rings. The van der Waals surface area contributed by atoms with Gasteiger partial charge >= 0.3 is 6.03 Å². The lowest BCUT2D eigenvalue weighted by Gasteiger charge is -2.42. The second-order valence-corrected chi connectivity index (χ2v) is 4.20. The quantitative estimate of drug-likeness (QED) is 0.323. The lowest BCUT2D eigenvalue weighted by atomic mass is 9.98. The summed E-state index contributed by atoms with van der Waals surface area (Å²) in [5.74, 6) is -0.558. The predicted molar refractivity (Wildman–Crippen MR) is 54.0 cm³/mol. The molecule has 2 rings (SSSR count). The number of imide groups is 1. The Bertz CT molecular complexity index is 361. The fourth-order valence-corrected chi connectivity index (χ4v) is 2.00. The number of hydrogen-bond donors (Lipinski definition) is 5. The van der Waals surface area contributed by atoms with Gasteiger partial charge in [-0.05, 0) is 0 Å². The van der Waals surface area contributed by atoms with Crippen LogP contribution < -0.4 is 5.32 Å². The molecule has 2 fully saturated rings. The van der Waals surface area contributed by atoms with Crippen LogP contribution in [0.15, 0.2) is 0 Å². The maximum Gasteiger partial charge on any atom is 0.326 e.